The van der Waals surface area contributed by atoms with Crippen molar-refractivity contribution in [3.05, 3.63) is 65.7 Å². The highest BCUT2D eigenvalue weighted by molar-refractivity contribution is 5.92. The molecule has 13 heteroatoms. The molecule has 1 aliphatic rings. The number of nitrogens with one attached hydrogen (secondary N) is 1. The van der Waals surface area contributed by atoms with Crippen molar-refractivity contribution in [3.63, 3.8) is 0 Å². The van der Waals surface area contributed by atoms with Gasteiger partial charge in [0.05, 0.1) is 42.9 Å². The summed E-state index contributed by atoms with van der Waals surface area (Å²) in [7, 11) is 8.24. The predicted octanol–water partition coefficient (Wildman–Crippen LogP) is 7.80. The maximum atomic E-state index is 14.6. The van der Waals surface area contributed by atoms with E-state index in [2.05, 4.69) is 5.32 Å². The van der Waals surface area contributed by atoms with Crippen LogP contribution in [0.5, 0.6) is 0 Å². The van der Waals surface area contributed by atoms with Gasteiger partial charge in [-0.15, -0.1) is 0 Å². The van der Waals surface area contributed by atoms with E-state index in [1.165, 1.54) is 4.90 Å². The molecule has 2 aromatic carbocycles. The van der Waals surface area contributed by atoms with Crippen LogP contribution < -0.4 is 5.32 Å². The first-order valence-electron chi connectivity index (χ1n) is 22.9. The summed E-state index contributed by atoms with van der Waals surface area (Å²) < 4.78 is 17.7. The number of aliphatic hydroxyl groups is 1. The van der Waals surface area contributed by atoms with Gasteiger partial charge in [-0.05, 0) is 59.8 Å². The number of likely N-dealkylation sites (tertiary alicyclic amines) is 1. The Labute approximate surface area is 377 Å². The third kappa shape index (κ3) is 14.1. The van der Waals surface area contributed by atoms with E-state index >= 15 is 0 Å². The van der Waals surface area contributed by atoms with Crippen molar-refractivity contribution in [2.24, 2.45) is 35.5 Å². The molecule has 0 aromatic heterocycles. The molecule has 0 aliphatic carbocycles. The lowest BCUT2D eigenvalue weighted by Crippen LogP contribution is -2.54. The average Bonchev–Trinajstić information content (AvgIpc) is 3.76. The quantitative estimate of drug-likeness (QED) is 0.101. The molecular formula is C50H78N4O9. The summed E-state index contributed by atoms with van der Waals surface area (Å²) in [4.78, 5) is 74.9. The predicted molar refractivity (Wildman–Crippen MR) is 247 cm³/mol. The van der Waals surface area contributed by atoms with Crippen molar-refractivity contribution in [1.29, 1.82) is 0 Å². The number of amides is 3. The molecule has 3 rings (SSSR count). The zero-order chi connectivity index (χ0) is 47.1. The fourth-order valence-electron chi connectivity index (χ4n) is 9.30. The highest BCUT2D eigenvalue weighted by atomic mass is 16.6. The first-order chi connectivity index (χ1) is 29.8. The SMILES string of the molecule is CC[C@H](C)[C@@H](C(CC(=O)N1CCC[C@H]1[C@H](OC)[C@@H](C)C(=O)C[C@H](C)[C@@H](O)c1ccccc1)OC)N(C)C(=O)[C@@H](CC(=O)[C@H](C(C)C)N(C)C(=O)OCc1ccc(NC)cc1)C(C)C. The van der Waals surface area contributed by atoms with E-state index in [4.69, 9.17) is 14.2 Å². The molecule has 0 radical (unpaired) electrons. The van der Waals surface area contributed by atoms with Crippen LogP contribution in [0.1, 0.15) is 111 Å². The van der Waals surface area contributed by atoms with Crippen LogP contribution in [0.2, 0.25) is 0 Å². The van der Waals surface area contributed by atoms with E-state index in [1.54, 1.807) is 33.2 Å². The second-order valence-electron chi connectivity index (χ2n) is 18.4. The topological polar surface area (TPSA) is 155 Å². The Morgan fingerprint density at radius 1 is 0.810 bits per heavy atom. The minimum atomic E-state index is -0.815. The number of carbonyl (C=O) groups excluding carboxylic acids is 5. The number of aliphatic hydroxyl groups excluding tert-OH is 1. The lowest BCUT2D eigenvalue weighted by atomic mass is 9.83. The van der Waals surface area contributed by atoms with Crippen LogP contribution in [0.15, 0.2) is 54.6 Å². The van der Waals surface area contributed by atoms with Crippen molar-refractivity contribution in [2.75, 3.05) is 47.2 Å². The molecule has 0 saturated carbocycles. The number of anilines is 1. The van der Waals surface area contributed by atoms with Crippen LogP contribution in [0.4, 0.5) is 10.5 Å². The maximum absolute atomic E-state index is 14.6. The average molecular weight is 879 g/mol. The normalized spacial score (nSPS) is 18.4. The lowest BCUT2D eigenvalue weighted by Gasteiger charge is -2.41. The molecule has 1 unspecified atom stereocenters. The Morgan fingerprint density at radius 2 is 1.44 bits per heavy atom. The van der Waals surface area contributed by atoms with E-state index in [-0.39, 0.29) is 79.0 Å². The summed E-state index contributed by atoms with van der Waals surface area (Å²) in [5.74, 6) is -2.68. The summed E-state index contributed by atoms with van der Waals surface area (Å²) in [5.41, 5.74) is 2.51. The van der Waals surface area contributed by atoms with Gasteiger partial charge in [-0.1, -0.05) is 104 Å². The van der Waals surface area contributed by atoms with Gasteiger partial charge in [-0.2, -0.15) is 0 Å². The van der Waals surface area contributed by atoms with E-state index in [1.807, 2.05) is 122 Å². The van der Waals surface area contributed by atoms with Crippen LogP contribution in [-0.2, 0) is 40.0 Å². The molecule has 352 valence electrons. The number of likely N-dealkylation sites (N-methyl/N-ethyl adjacent to an activating group) is 2. The number of ketones is 2. The van der Waals surface area contributed by atoms with Gasteiger partial charge in [-0.25, -0.2) is 4.79 Å². The third-order valence-corrected chi connectivity index (χ3v) is 13.4. The Kier molecular flexibility index (Phi) is 21.2. The smallest absolute Gasteiger partial charge is 0.410 e. The van der Waals surface area contributed by atoms with Crippen LogP contribution in [-0.4, -0.2) is 122 Å². The molecule has 10 atom stereocenters. The van der Waals surface area contributed by atoms with Crippen LogP contribution >= 0.6 is 0 Å². The Morgan fingerprint density at radius 3 is 1.98 bits per heavy atom. The van der Waals surface area contributed by atoms with Gasteiger partial charge < -0.3 is 39.3 Å². The van der Waals surface area contributed by atoms with Gasteiger partial charge in [-0.3, -0.25) is 19.2 Å². The molecule has 63 heavy (non-hydrogen) atoms. The number of carbonyl (C=O) groups is 5. The standard InChI is InChI=1S/C50H78N4O9/c1-14-33(6)46(52(10)49(59)39(31(2)3)28-42(56)45(32(4)5)53(11)50(60)63-30-36-22-24-38(51-9)25-23-36)43(61-12)29-44(57)54-26-18-21-40(54)48(62-13)35(8)41(55)27-34(7)47(58)37-19-16-15-17-20-37/h15-17,19-20,22-25,31-35,39-40,43,45-48,51,58H,14,18,21,26-30H2,1-13H3/t33-,34-,35-,39-,40-,43?,45-,46-,47+,48+/m0/s1. The van der Waals surface area contributed by atoms with Gasteiger partial charge in [0.1, 0.15) is 12.4 Å². The molecule has 1 saturated heterocycles. The summed E-state index contributed by atoms with van der Waals surface area (Å²) in [6, 6.07) is 15.2. The van der Waals surface area contributed by atoms with Gasteiger partial charge >= 0.3 is 6.09 Å². The number of ether oxygens (including phenoxy) is 3. The van der Waals surface area contributed by atoms with Crippen LogP contribution in [0.3, 0.4) is 0 Å². The van der Waals surface area contributed by atoms with E-state index in [9.17, 15) is 29.1 Å². The minimum absolute atomic E-state index is 0.00589. The molecular weight excluding hydrogens is 801 g/mol. The van der Waals surface area contributed by atoms with Crippen molar-refractivity contribution < 1.29 is 43.3 Å². The second-order valence-corrected chi connectivity index (χ2v) is 18.4. The molecule has 3 amide bonds. The van der Waals surface area contributed by atoms with E-state index in [0.29, 0.717) is 19.4 Å². The number of hydrogen-bond acceptors (Lipinski definition) is 10. The number of methoxy groups -OCH3 is 2. The molecule has 1 aliphatic heterocycles. The summed E-state index contributed by atoms with van der Waals surface area (Å²) in [6.07, 6.45) is -0.389. The summed E-state index contributed by atoms with van der Waals surface area (Å²) in [6.45, 7) is 15.9. The highest BCUT2D eigenvalue weighted by Crippen LogP contribution is 2.33. The van der Waals surface area contributed by atoms with E-state index in [0.717, 1.165) is 23.2 Å². The maximum Gasteiger partial charge on any atom is 0.410 e. The summed E-state index contributed by atoms with van der Waals surface area (Å²) in [5, 5.41) is 14.0. The summed E-state index contributed by atoms with van der Waals surface area (Å²) >= 11 is 0. The van der Waals surface area contributed by atoms with Crippen LogP contribution in [0.25, 0.3) is 0 Å². The lowest BCUT2D eigenvalue weighted by molar-refractivity contribution is -0.149. The number of hydrogen-bond donors (Lipinski definition) is 2. The molecule has 1 heterocycles. The molecule has 2 aromatic rings. The molecule has 0 spiro atoms. The second kappa shape index (κ2) is 25.2. The fourth-order valence-corrected chi connectivity index (χ4v) is 9.30. The largest absolute Gasteiger partial charge is 0.445 e. The number of Topliss-reactive ketones (excluding diaryl/α,β-unsaturated/α-hetero) is 2. The molecule has 0 bridgehead atoms. The van der Waals surface area contributed by atoms with Gasteiger partial charge in [0.25, 0.3) is 0 Å². The Hall–Kier alpha value is -4.33. The fraction of sp³-hybridized carbons (Fsp3) is 0.660. The number of benzene rings is 2. The minimum Gasteiger partial charge on any atom is -0.445 e. The van der Waals surface area contributed by atoms with Crippen LogP contribution in [0, 0.1) is 35.5 Å². The van der Waals surface area contributed by atoms with Crippen molar-refractivity contribution in [3.8, 4) is 0 Å². The number of nitrogens with zero attached hydrogens (tertiary/aromatic N) is 3. The van der Waals surface area contributed by atoms with Gasteiger partial charge in [0.15, 0.2) is 5.78 Å². The monoisotopic (exact) mass is 879 g/mol. The third-order valence-electron chi connectivity index (χ3n) is 13.4. The van der Waals surface area contributed by atoms with Crippen molar-refractivity contribution >= 4 is 35.2 Å². The first-order valence-corrected chi connectivity index (χ1v) is 22.9. The van der Waals surface area contributed by atoms with E-state index < -0.39 is 48.3 Å². The van der Waals surface area contributed by atoms with Crippen molar-refractivity contribution in [2.45, 2.75) is 137 Å². The Bertz CT molecular complexity index is 1760. The highest BCUT2D eigenvalue weighted by Gasteiger charge is 2.43. The zero-order valence-electron chi connectivity index (χ0n) is 40.3. The Balaban J connectivity index is 1.75. The molecule has 2 N–H and O–H groups in total. The number of rotatable bonds is 25. The zero-order valence-corrected chi connectivity index (χ0v) is 40.3. The first kappa shape index (κ1) is 53.0. The molecule has 13 nitrogen and oxygen atoms in total. The van der Waals surface area contributed by atoms with Gasteiger partial charge in [0, 0.05) is 72.3 Å². The van der Waals surface area contributed by atoms with Crippen molar-refractivity contribution in [1.82, 2.24) is 14.7 Å². The molecule has 1 fully saturated rings. The van der Waals surface area contributed by atoms with Gasteiger partial charge in [0.2, 0.25) is 11.8 Å².